The van der Waals surface area contributed by atoms with E-state index in [1.165, 1.54) is 6.20 Å². The molecule has 0 spiro atoms. The fourth-order valence-electron chi connectivity index (χ4n) is 1.09. The number of rotatable bonds is 0. The number of hydrogen-bond acceptors (Lipinski definition) is 3. The number of hydrogen-bond donors (Lipinski definition) is 2. The summed E-state index contributed by atoms with van der Waals surface area (Å²) in [5.74, 6) is -0.979. The molecule has 5 heteroatoms. The van der Waals surface area contributed by atoms with Crippen molar-refractivity contribution < 1.29 is 9.59 Å². The quantitative estimate of drug-likeness (QED) is 0.495. The lowest BCUT2D eigenvalue weighted by atomic mass is 10.2. The van der Waals surface area contributed by atoms with Crippen LogP contribution in [0.5, 0.6) is 0 Å². The molecular weight excluding hydrogens is 160 g/mol. The highest BCUT2D eigenvalue weighted by atomic mass is 16.2. The van der Waals surface area contributed by atoms with E-state index in [0.29, 0.717) is 0 Å². The minimum Gasteiger partial charge on any atom is -0.328 e. The second kappa shape index (κ2) is 2.04. The molecule has 1 aliphatic rings. The summed E-state index contributed by atoms with van der Waals surface area (Å²) in [6, 6.07) is 1.11. The Morgan fingerprint density at radius 3 is 2.42 bits per heavy atom. The molecule has 0 bridgehead atoms. The van der Waals surface area contributed by atoms with E-state index >= 15 is 0 Å². The highest BCUT2D eigenvalue weighted by Crippen LogP contribution is 2.10. The normalized spacial score (nSPS) is 14.3. The molecule has 0 aliphatic carbocycles. The van der Waals surface area contributed by atoms with Crippen LogP contribution in [0.4, 0.5) is 0 Å². The highest BCUT2D eigenvalue weighted by molar-refractivity contribution is 6.21. The Morgan fingerprint density at radius 1 is 1.00 bits per heavy atom. The molecule has 0 aromatic carbocycles. The zero-order chi connectivity index (χ0) is 8.72. The summed E-state index contributed by atoms with van der Waals surface area (Å²) < 4.78 is 0. The van der Waals surface area contributed by atoms with E-state index in [1.807, 2.05) is 0 Å². The minimum atomic E-state index is -0.513. The van der Waals surface area contributed by atoms with Gasteiger partial charge in [-0.05, 0) is 0 Å². The van der Waals surface area contributed by atoms with E-state index in [9.17, 15) is 14.4 Å². The molecule has 2 N–H and O–H groups in total. The molecule has 1 aromatic heterocycles. The Balaban J connectivity index is 2.76. The number of carbonyl (C=O) groups excluding carboxylic acids is 2. The van der Waals surface area contributed by atoms with Crippen molar-refractivity contribution in [2.45, 2.75) is 0 Å². The van der Waals surface area contributed by atoms with Crippen LogP contribution in [0, 0.1) is 0 Å². The number of amides is 2. The second-order valence-corrected chi connectivity index (χ2v) is 2.41. The number of pyridine rings is 1. The van der Waals surface area contributed by atoms with Crippen LogP contribution in [0.2, 0.25) is 0 Å². The molecule has 0 fully saturated rings. The molecule has 0 unspecified atom stereocenters. The maximum Gasteiger partial charge on any atom is 0.260 e. The summed E-state index contributed by atoms with van der Waals surface area (Å²) in [5, 5.41) is 2.07. The maximum absolute atomic E-state index is 10.9. The first kappa shape index (κ1) is 6.78. The smallest absolute Gasteiger partial charge is 0.260 e. The van der Waals surface area contributed by atoms with Crippen molar-refractivity contribution in [1.29, 1.82) is 0 Å². The maximum atomic E-state index is 10.9. The Morgan fingerprint density at radius 2 is 1.67 bits per heavy atom. The second-order valence-electron chi connectivity index (χ2n) is 2.41. The van der Waals surface area contributed by atoms with Crippen LogP contribution < -0.4 is 10.9 Å². The van der Waals surface area contributed by atoms with Gasteiger partial charge in [0.15, 0.2) is 0 Å². The van der Waals surface area contributed by atoms with Gasteiger partial charge in [-0.25, -0.2) is 0 Å². The van der Waals surface area contributed by atoms with E-state index in [1.54, 1.807) is 0 Å². The van der Waals surface area contributed by atoms with Crippen LogP contribution in [0.25, 0.3) is 0 Å². The molecule has 0 radical (unpaired) electrons. The summed E-state index contributed by atoms with van der Waals surface area (Å²) in [7, 11) is 0. The number of fused-ring (bicyclic) bond motifs is 1. The Bertz CT molecular complexity index is 433. The molecule has 5 nitrogen and oxygen atoms in total. The van der Waals surface area contributed by atoms with Gasteiger partial charge in [0.1, 0.15) is 0 Å². The number of imide groups is 1. The molecule has 0 saturated heterocycles. The van der Waals surface area contributed by atoms with Gasteiger partial charge in [0.05, 0.1) is 11.1 Å². The Kier molecular flexibility index (Phi) is 1.15. The molecule has 60 valence electrons. The van der Waals surface area contributed by atoms with E-state index < -0.39 is 17.4 Å². The molecular formula is C7H4N2O3. The third-order valence-electron chi connectivity index (χ3n) is 1.64. The summed E-state index contributed by atoms with van der Waals surface area (Å²) in [5.41, 5.74) is -0.0260. The average molecular weight is 164 g/mol. The van der Waals surface area contributed by atoms with Crippen molar-refractivity contribution in [1.82, 2.24) is 10.3 Å². The summed E-state index contributed by atoms with van der Waals surface area (Å²) in [4.78, 5) is 34.9. The van der Waals surface area contributed by atoms with Gasteiger partial charge in [0.25, 0.3) is 11.8 Å². The fourth-order valence-corrected chi connectivity index (χ4v) is 1.09. The highest BCUT2D eigenvalue weighted by Gasteiger charge is 2.26. The van der Waals surface area contributed by atoms with E-state index in [2.05, 4.69) is 10.3 Å². The zero-order valence-electron chi connectivity index (χ0n) is 5.88. The number of carbonyl (C=O) groups is 2. The lowest BCUT2D eigenvalue weighted by Gasteiger charge is -1.88. The van der Waals surface area contributed by atoms with Crippen molar-refractivity contribution in [2.24, 2.45) is 0 Å². The summed E-state index contributed by atoms with van der Waals surface area (Å²) in [6.07, 6.45) is 1.23. The average Bonchev–Trinajstić information content (AvgIpc) is 2.28. The standard InChI is InChI=1S/C7H4N2O3/c10-5-1-3-4(2-8-5)7(12)9-6(3)11/h1-2H,(H,8,10)(H,9,11,12). The first-order valence-electron chi connectivity index (χ1n) is 3.27. The van der Waals surface area contributed by atoms with Crippen molar-refractivity contribution in [2.75, 3.05) is 0 Å². The van der Waals surface area contributed by atoms with Crippen LogP contribution in [0.3, 0.4) is 0 Å². The van der Waals surface area contributed by atoms with Gasteiger partial charge in [-0.3, -0.25) is 19.7 Å². The number of nitrogens with one attached hydrogen (secondary N) is 2. The van der Waals surface area contributed by atoms with Crippen LogP contribution >= 0.6 is 0 Å². The molecule has 2 amide bonds. The van der Waals surface area contributed by atoms with Crippen LogP contribution in [0.1, 0.15) is 20.7 Å². The number of aromatic nitrogens is 1. The van der Waals surface area contributed by atoms with Gasteiger partial charge in [-0.15, -0.1) is 0 Å². The largest absolute Gasteiger partial charge is 0.328 e. The van der Waals surface area contributed by atoms with Crippen molar-refractivity contribution in [3.05, 3.63) is 33.7 Å². The van der Waals surface area contributed by atoms with Crippen molar-refractivity contribution in [3.8, 4) is 0 Å². The van der Waals surface area contributed by atoms with E-state index in [-0.39, 0.29) is 11.1 Å². The third kappa shape index (κ3) is 0.763. The van der Waals surface area contributed by atoms with Crippen molar-refractivity contribution >= 4 is 11.8 Å². The van der Waals surface area contributed by atoms with E-state index in [0.717, 1.165) is 6.07 Å². The molecule has 12 heavy (non-hydrogen) atoms. The van der Waals surface area contributed by atoms with E-state index in [4.69, 9.17) is 0 Å². The first-order valence-corrected chi connectivity index (χ1v) is 3.27. The topological polar surface area (TPSA) is 79.0 Å². The van der Waals surface area contributed by atoms with Gasteiger partial charge < -0.3 is 4.98 Å². The van der Waals surface area contributed by atoms with Gasteiger partial charge in [0, 0.05) is 12.3 Å². The molecule has 0 saturated carbocycles. The van der Waals surface area contributed by atoms with Crippen LogP contribution in [-0.4, -0.2) is 16.8 Å². The predicted octanol–water partition coefficient (Wildman–Crippen LogP) is -0.742. The fraction of sp³-hybridized carbons (Fsp3) is 0. The van der Waals surface area contributed by atoms with Crippen LogP contribution in [-0.2, 0) is 0 Å². The van der Waals surface area contributed by atoms with Gasteiger partial charge >= 0.3 is 0 Å². The van der Waals surface area contributed by atoms with Crippen LogP contribution in [0.15, 0.2) is 17.1 Å². The minimum absolute atomic E-state index is 0.142. The Labute approximate surface area is 66.4 Å². The SMILES string of the molecule is O=C1NC(=O)c2cc(=O)[nH]cc21. The van der Waals surface area contributed by atoms with Gasteiger partial charge in [-0.1, -0.05) is 0 Å². The monoisotopic (exact) mass is 164 g/mol. The third-order valence-corrected chi connectivity index (χ3v) is 1.64. The first-order chi connectivity index (χ1) is 5.68. The van der Waals surface area contributed by atoms with Crippen molar-refractivity contribution in [3.63, 3.8) is 0 Å². The lowest BCUT2D eigenvalue weighted by molar-refractivity contribution is 0.0879. The number of H-pyrrole nitrogens is 1. The molecule has 2 heterocycles. The molecule has 1 aromatic rings. The van der Waals surface area contributed by atoms with Gasteiger partial charge in [-0.2, -0.15) is 0 Å². The molecule has 1 aliphatic heterocycles. The zero-order valence-corrected chi connectivity index (χ0v) is 5.88. The molecule has 0 atom stereocenters. The lowest BCUT2D eigenvalue weighted by Crippen LogP contribution is -2.19. The number of aromatic amines is 1. The van der Waals surface area contributed by atoms with Gasteiger partial charge in [0.2, 0.25) is 5.56 Å². The summed E-state index contributed by atoms with van der Waals surface area (Å²) in [6.45, 7) is 0. The predicted molar refractivity (Wildman–Crippen MR) is 38.9 cm³/mol. The Hall–Kier alpha value is -1.91. The summed E-state index contributed by atoms with van der Waals surface area (Å²) >= 11 is 0. The molecule has 2 rings (SSSR count).